The van der Waals surface area contributed by atoms with E-state index in [1.54, 1.807) is 0 Å². The second-order valence-electron chi connectivity index (χ2n) is 5.04. The van der Waals surface area contributed by atoms with Gasteiger partial charge in [0.1, 0.15) is 10.8 Å². The van der Waals surface area contributed by atoms with Crippen LogP contribution in [0.5, 0.6) is 0 Å². The maximum Gasteiger partial charge on any atom is 0.207 e. The topological polar surface area (TPSA) is 63.3 Å². The minimum absolute atomic E-state index is 0.403. The zero-order chi connectivity index (χ0) is 16.1. The van der Waals surface area contributed by atoms with Crippen LogP contribution in [0, 0.1) is 6.92 Å². The fraction of sp³-hybridized carbons (Fsp3) is 0.133. The Hall–Kier alpha value is -1.54. The molecule has 1 aliphatic heterocycles. The van der Waals surface area contributed by atoms with Crippen LogP contribution < -0.4 is 0 Å². The zero-order valence-electron chi connectivity index (χ0n) is 11.9. The van der Waals surface area contributed by atoms with Crippen LogP contribution in [0.1, 0.15) is 29.0 Å². The molecule has 5 nitrogen and oxygen atoms in total. The Morgan fingerprint density at radius 3 is 2.83 bits per heavy atom. The van der Waals surface area contributed by atoms with E-state index in [0.717, 1.165) is 19.9 Å². The van der Waals surface area contributed by atoms with Crippen LogP contribution in [-0.2, 0) is 0 Å². The number of aliphatic hydroxyl groups excluding tert-OH is 1. The number of benzene rings is 1. The smallest absolute Gasteiger partial charge is 0.207 e. The molecule has 0 spiro atoms. The van der Waals surface area contributed by atoms with E-state index in [1.807, 2.05) is 41.8 Å². The van der Waals surface area contributed by atoms with Crippen molar-refractivity contribution >= 4 is 44.6 Å². The number of rotatable bonds is 1. The Labute approximate surface area is 149 Å². The lowest BCUT2D eigenvalue weighted by Crippen LogP contribution is -2.06. The number of aliphatic hydroxyl groups is 1. The number of fused-ring (bicyclic) bond motifs is 3. The first-order valence-corrected chi connectivity index (χ1v) is 8.78. The summed E-state index contributed by atoms with van der Waals surface area (Å²) in [6.07, 6.45) is -1.10. The molecule has 1 N–H and O–H groups in total. The predicted molar refractivity (Wildman–Crippen MR) is 93.7 cm³/mol. The average molecular weight is 410 g/mol. The van der Waals surface area contributed by atoms with Gasteiger partial charge in [0.2, 0.25) is 6.23 Å². The molecule has 0 saturated carbocycles. The van der Waals surface area contributed by atoms with E-state index in [-0.39, 0.29) is 0 Å². The molecule has 3 aromatic rings. The number of aromatic nitrogens is 3. The average Bonchev–Trinajstić information content (AvgIpc) is 3.05. The largest absolute Gasteiger partial charge is 0.365 e. The number of hydrogen-bond acceptors (Lipinski definition) is 5. The zero-order valence-corrected chi connectivity index (χ0v) is 15.0. The third-order valence-electron chi connectivity index (χ3n) is 3.60. The Morgan fingerprint density at radius 2 is 2.04 bits per heavy atom. The number of hydrogen-bond donors (Lipinski definition) is 1. The lowest BCUT2D eigenvalue weighted by molar-refractivity contribution is 0.177. The quantitative estimate of drug-likeness (QED) is 0.663. The molecule has 0 saturated heterocycles. The van der Waals surface area contributed by atoms with Crippen LogP contribution >= 0.6 is 38.9 Å². The van der Waals surface area contributed by atoms with Crippen molar-refractivity contribution in [3.05, 3.63) is 61.9 Å². The molecule has 1 aliphatic rings. The lowest BCUT2D eigenvalue weighted by Gasteiger charge is -2.08. The summed E-state index contributed by atoms with van der Waals surface area (Å²) in [7, 11) is 0. The van der Waals surface area contributed by atoms with E-state index in [9.17, 15) is 5.11 Å². The molecule has 116 valence electrons. The van der Waals surface area contributed by atoms with Gasteiger partial charge in [0, 0.05) is 16.1 Å². The Balaban J connectivity index is 2.04. The van der Waals surface area contributed by atoms with Gasteiger partial charge in [-0.1, -0.05) is 29.8 Å². The first kappa shape index (κ1) is 15.0. The number of halogens is 2. The van der Waals surface area contributed by atoms with Gasteiger partial charge < -0.3 is 5.11 Å². The molecule has 0 amide bonds. The van der Waals surface area contributed by atoms with E-state index in [4.69, 9.17) is 11.6 Å². The second-order valence-corrected chi connectivity index (χ2v) is 7.86. The van der Waals surface area contributed by atoms with Crippen LogP contribution in [0.4, 0.5) is 0 Å². The van der Waals surface area contributed by atoms with Crippen LogP contribution in [-0.4, -0.2) is 25.6 Å². The van der Waals surface area contributed by atoms with Crippen molar-refractivity contribution < 1.29 is 5.11 Å². The summed E-state index contributed by atoms with van der Waals surface area (Å²) < 4.78 is 2.79. The van der Waals surface area contributed by atoms with Gasteiger partial charge in [-0.15, -0.1) is 21.5 Å². The van der Waals surface area contributed by atoms with Crippen molar-refractivity contribution in [1.82, 2.24) is 14.8 Å². The molecule has 3 heterocycles. The van der Waals surface area contributed by atoms with Crippen molar-refractivity contribution in [1.29, 1.82) is 0 Å². The summed E-state index contributed by atoms with van der Waals surface area (Å²) in [5.74, 6) is 1.10. The third-order valence-corrected chi connectivity index (χ3v) is 5.55. The van der Waals surface area contributed by atoms with Crippen molar-refractivity contribution in [3.8, 4) is 5.00 Å². The molecule has 0 aliphatic carbocycles. The molecule has 0 radical (unpaired) electrons. The molecule has 1 unspecified atom stereocenters. The van der Waals surface area contributed by atoms with Crippen molar-refractivity contribution in [3.63, 3.8) is 0 Å². The van der Waals surface area contributed by atoms with Gasteiger partial charge in [0.25, 0.3) is 0 Å². The van der Waals surface area contributed by atoms with Crippen molar-refractivity contribution in [2.75, 3.05) is 0 Å². The number of thiophene rings is 1. The fourth-order valence-corrected chi connectivity index (χ4v) is 4.46. The van der Waals surface area contributed by atoms with Crippen LogP contribution in [0.3, 0.4) is 0 Å². The van der Waals surface area contributed by atoms with Gasteiger partial charge in [-0.3, -0.25) is 4.57 Å². The summed E-state index contributed by atoms with van der Waals surface area (Å²) >= 11 is 11.4. The number of aryl methyl sites for hydroxylation is 1. The maximum absolute atomic E-state index is 10.5. The first-order valence-electron chi connectivity index (χ1n) is 6.79. The standard InChI is InChI=1S/C15H10BrClN4OS/c1-7-19-20-13-14(22)18-12(8-4-2-3-5-10(8)17)9-6-11(16)23-15(9)21(7)13/h2-6,14,22H,1H3. The molecule has 23 heavy (non-hydrogen) atoms. The highest BCUT2D eigenvalue weighted by molar-refractivity contribution is 9.11. The van der Waals surface area contributed by atoms with Gasteiger partial charge in [-0.05, 0) is 35.0 Å². The minimum Gasteiger partial charge on any atom is -0.365 e. The van der Waals surface area contributed by atoms with E-state index in [2.05, 4.69) is 31.1 Å². The maximum atomic E-state index is 10.5. The molecular formula is C15H10BrClN4OS. The summed E-state index contributed by atoms with van der Waals surface area (Å²) in [4.78, 5) is 4.47. The highest BCUT2D eigenvalue weighted by Gasteiger charge is 2.29. The van der Waals surface area contributed by atoms with E-state index >= 15 is 0 Å². The van der Waals surface area contributed by atoms with Gasteiger partial charge in [-0.2, -0.15) is 0 Å². The van der Waals surface area contributed by atoms with Gasteiger partial charge in [0.05, 0.1) is 9.50 Å². The highest BCUT2D eigenvalue weighted by atomic mass is 79.9. The molecule has 0 bridgehead atoms. The van der Waals surface area contributed by atoms with Gasteiger partial charge >= 0.3 is 0 Å². The lowest BCUT2D eigenvalue weighted by atomic mass is 10.0. The summed E-state index contributed by atoms with van der Waals surface area (Å²) in [5.41, 5.74) is 2.30. The molecule has 2 aromatic heterocycles. The summed E-state index contributed by atoms with van der Waals surface area (Å²) in [6.45, 7) is 1.85. The van der Waals surface area contributed by atoms with E-state index < -0.39 is 6.23 Å². The molecule has 0 fully saturated rings. The molecule has 1 atom stereocenters. The SMILES string of the molecule is Cc1nnc2n1-c1sc(Br)cc1C(c1ccccc1Cl)=NC2O. The second kappa shape index (κ2) is 5.52. The van der Waals surface area contributed by atoms with Gasteiger partial charge in [0.15, 0.2) is 5.82 Å². The van der Waals surface area contributed by atoms with Crippen LogP contribution in [0.2, 0.25) is 5.02 Å². The van der Waals surface area contributed by atoms with E-state index in [1.165, 1.54) is 11.3 Å². The number of aliphatic imine (C=N–C) groups is 1. The summed E-state index contributed by atoms with van der Waals surface area (Å²) in [5, 5.41) is 20.1. The Morgan fingerprint density at radius 1 is 1.26 bits per heavy atom. The number of nitrogens with zero attached hydrogens (tertiary/aromatic N) is 4. The predicted octanol–water partition coefficient (Wildman–Crippen LogP) is 3.90. The normalized spacial score (nSPS) is 16.5. The molecule has 4 rings (SSSR count). The van der Waals surface area contributed by atoms with Gasteiger partial charge in [-0.25, -0.2) is 4.99 Å². The monoisotopic (exact) mass is 408 g/mol. The third kappa shape index (κ3) is 2.35. The summed E-state index contributed by atoms with van der Waals surface area (Å²) in [6, 6.07) is 9.44. The molecule has 8 heteroatoms. The van der Waals surface area contributed by atoms with E-state index in [0.29, 0.717) is 22.4 Å². The van der Waals surface area contributed by atoms with Crippen molar-refractivity contribution in [2.45, 2.75) is 13.2 Å². The molecular weight excluding hydrogens is 400 g/mol. The highest BCUT2D eigenvalue weighted by Crippen LogP contribution is 2.38. The Kier molecular flexibility index (Phi) is 3.60. The minimum atomic E-state index is -1.10. The fourth-order valence-electron chi connectivity index (χ4n) is 2.60. The first-order chi connectivity index (χ1) is 11.1. The Bertz CT molecular complexity index is 949. The van der Waals surface area contributed by atoms with Crippen LogP contribution in [0.15, 0.2) is 39.1 Å². The van der Waals surface area contributed by atoms with Crippen LogP contribution in [0.25, 0.3) is 5.00 Å². The molecule has 1 aromatic carbocycles. The van der Waals surface area contributed by atoms with Crippen molar-refractivity contribution in [2.24, 2.45) is 4.99 Å².